The van der Waals surface area contributed by atoms with E-state index >= 15 is 0 Å². The molecule has 1 unspecified atom stereocenters. The topological polar surface area (TPSA) is 0 Å². The molecule has 5 heteroatoms. The first kappa shape index (κ1) is 17.1. The molecule has 0 nitrogen and oxygen atoms in total. The van der Waals surface area contributed by atoms with E-state index in [4.69, 9.17) is 40.2 Å². The Morgan fingerprint density at radius 1 is 1.00 bits per heavy atom. The van der Waals surface area contributed by atoms with E-state index in [1.165, 1.54) is 16.7 Å². The molecule has 3 rings (SSSR count). The molecule has 0 heterocycles. The SMILES string of the molecule is CCC1=Cc2c(-c3c(Cl)cccc3Cl)cccc2[CH]1[Zr]([Cl])[Cl]. The van der Waals surface area contributed by atoms with Crippen LogP contribution in [0.1, 0.15) is 28.1 Å². The van der Waals surface area contributed by atoms with Crippen LogP contribution in [0, 0.1) is 0 Å². The van der Waals surface area contributed by atoms with Gasteiger partial charge in [-0.2, -0.15) is 0 Å². The van der Waals surface area contributed by atoms with Gasteiger partial charge in [-0.05, 0) is 0 Å². The van der Waals surface area contributed by atoms with E-state index in [0.717, 1.165) is 17.5 Å². The van der Waals surface area contributed by atoms with Crippen molar-refractivity contribution in [1.29, 1.82) is 0 Å². The summed E-state index contributed by atoms with van der Waals surface area (Å²) >= 11 is 10.3. The van der Waals surface area contributed by atoms with E-state index in [1.807, 2.05) is 24.3 Å². The van der Waals surface area contributed by atoms with E-state index in [-0.39, 0.29) is 3.63 Å². The Morgan fingerprint density at radius 3 is 2.23 bits per heavy atom. The summed E-state index contributed by atoms with van der Waals surface area (Å²) in [7, 11) is 12.8. The van der Waals surface area contributed by atoms with Crippen LogP contribution in [0.5, 0.6) is 0 Å². The molecule has 0 N–H and O–H groups in total. The van der Waals surface area contributed by atoms with Gasteiger partial charge in [0.15, 0.2) is 0 Å². The molecule has 0 saturated carbocycles. The van der Waals surface area contributed by atoms with Crippen LogP contribution in [0.3, 0.4) is 0 Å². The third-order valence-electron chi connectivity index (χ3n) is 4.01. The van der Waals surface area contributed by atoms with Crippen LogP contribution in [-0.2, 0) is 19.4 Å². The van der Waals surface area contributed by atoms with E-state index in [1.54, 1.807) is 0 Å². The van der Waals surface area contributed by atoms with Crippen molar-refractivity contribution < 1.29 is 19.4 Å². The summed E-state index contributed by atoms with van der Waals surface area (Å²) in [4.78, 5) is 0. The van der Waals surface area contributed by atoms with Crippen molar-refractivity contribution in [2.75, 3.05) is 0 Å². The van der Waals surface area contributed by atoms with Crippen molar-refractivity contribution in [1.82, 2.24) is 0 Å². The number of halogens is 4. The number of hydrogen-bond donors (Lipinski definition) is 0. The Hall–Kier alpha value is 0.223. The molecule has 113 valence electrons. The molecule has 0 radical (unpaired) electrons. The molecule has 2 aromatic rings. The van der Waals surface area contributed by atoms with Crippen LogP contribution >= 0.6 is 40.2 Å². The summed E-state index contributed by atoms with van der Waals surface area (Å²) in [6, 6.07) is 11.8. The maximum atomic E-state index is 6.42. The van der Waals surface area contributed by atoms with E-state index in [9.17, 15) is 0 Å². The fourth-order valence-corrected chi connectivity index (χ4v) is 9.24. The van der Waals surface area contributed by atoms with E-state index < -0.39 is 19.4 Å². The number of hydrogen-bond acceptors (Lipinski definition) is 0. The predicted octanol–water partition coefficient (Wildman–Crippen LogP) is 7.43. The molecule has 0 bridgehead atoms. The third kappa shape index (κ3) is 2.96. The first-order chi connectivity index (χ1) is 10.5. The Kier molecular flexibility index (Phi) is 5.42. The second-order valence-electron chi connectivity index (χ2n) is 5.20. The van der Waals surface area contributed by atoms with Crippen LogP contribution in [0.25, 0.3) is 17.2 Å². The van der Waals surface area contributed by atoms with Crippen molar-refractivity contribution >= 4 is 46.3 Å². The minimum absolute atomic E-state index is 0.229. The second kappa shape index (κ2) is 7.00. The van der Waals surface area contributed by atoms with E-state index in [0.29, 0.717) is 10.0 Å². The van der Waals surface area contributed by atoms with Crippen LogP contribution in [0.2, 0.25) is 10.0 Å². The van der Waals surface area contributed by atoms with Gasteiger partial charge in [0.25, 0.3) is 0 Å². The van der Waals surface area contributed by atoms with Gasteiger partial charge in [-0.1, -0.05) is 0 Å². The zero-order valence-electron chi connectivity index (χ0n) is 11.8. The predicted molar refractivity (Wildman–Crippen MR) is 94.6 cm³/mol. The molecule has 1 aliphatic carbocycles. The molecule has 1 atom stereocenters. The van der Waals surface area contributed by atoms with Crippen molar-refractivity contribution in [2.45, 2.75) is 17.0 Å². The minimum atomic E-state index is -2.45. The molecule has 0 spiro atoms. The van der Waals surface area contributed by atoms with Gasteiger partial charge in [-0.25, -0.2) is 0 Å². The molecule has 2 aromatic carbocycles. The standard InChI is InChI=1S/C17H13Cl2.2ClH.Zr/c1-2-11-9-12-5-3-6-13(14(12)10-11)17-15(18)7-4-8-16(17)19;;;/h3-10H,2H2,1H3;2*1H;/q;;;+2/p-2. The second-order valence-corrected chi connectivity index (χ2v) is 14.8. The molecular formula is C17H13Cl4Zr. The fraction of sp³-hybridized carbons (Fsp3) is 0.176. The summed E-state index contributed by atoms with van der Waals surface area (Å²) in [5.74, 6) is 0. The summed E-state index contributed by atoms with van der Waals surface area (Å²) in [5, 5.41) is 1.32. The zero-order chi connectivity index (χ0) is 15.9. The summed E-state index contributed by atoms with van der Waals surface area (Å²) < 4.78 is 0.229. The first-order valence-electron chi connectivity index (χ1n) is 7.00. The quantitative estimate of drug-likeness (QED) is 0.456. The van der Waals surface area contributed by atoms with Gasteiger partial charge in [0.2, 0.25) is 0 Å². The third-order valence-corrected chi connectivity index (χ3v) is 9.97. The van der Waals surface area contributed by atoms with Crippen LogP contribution in [0.4, 0.5) is 0 Å². The van der Waals surface area contributed by atoms with Crippen molar-refractivity contribution in [3.05, 3.63) is 63.1 Å². The number of rotatable bonds is 3. The van der Waals surface area contributed by atoms with Crippen LogP contribution in [-0.4, -0.2) is 0 Å². The summed E-state index contributed by atoms with van der Waals surface area (Å²) in [5.41, 5.74) is 5.65. The molecule has 0 aliphatic heterocycles. The Morgan fingerprint density at radius 2 is 1.64 bits per heavy atom. The zero-order valence-corrected chi connectivity index (χ0v) is 17.3. The normalized spacial score (nSPS) is 16.4. The van der Waals surface area contributed by atoms with Crippen molar-refractivity contribution in [3.63, 3.8) is 0 Å². The average molecular weight is 450 g/mol. The van der Waals surface area contributed by atoms with Gasteiger partial charge in [0.05, 0.1) is 0 Å². The maximum absolute atomic E-state index is 6.42. The molecule has 0 fully saturated rings. The number of benzene rings is 2. The van der Waals surface area contributed by atoms with Crippen molar-refractivity contribution in [2.24, 2.45) is 0 Å². The molecule has 1 aliphatic rings. The summed E-state index contributed by atoms with van der Waals surface area (Å²) in [6.07, 6.45) is 3.18. The van der Waals surface area contributed by atoms with Gasteiger partial charge < -0.3 is 0 Å². The Labute approximate surface area is 155 Å². The Bertz CT molecular complexity index is 732. The molecule has 0 saturated heterocycles. The molecule has 22 heavy (non-hydrogen) atoms. The van der Waals surface area contributed by atoms with Gasteiger partial charge >= 0.3 is 157 Å². The first-order valence-corrected chi connectivity index (χ1v) is 15.5. The Balaban J connectivity index is 2.25. The van der Waals surface area contributed by atoms with Gasteiger partial charge in [-0.15, -0.1) is 0 Å². The van der Waals surface area contributed by atoms with Gasteiger partial charge in [0, 0.05) is 0 Å². The fourth-order valence-electron chi connectivity index (χ4n) is 3.00. The number of allylic oxidation sites excluding steroid dienone is 1. The number of fused-ring (bicyclic) bond motifs is 1. The van der Waals surface area contributed by atoms with Crippen LogP contribution < -0.4 is 0 Å². The average Bonchev–Trinajstić information content (AvgIpc) is 2.86. The van der Waals surface area contributed by atoms with E-state index in [2.05, 4.69) is 25.1 Å². The molecular weight excluding hydrogens is 437 g/mol. The van der Waals surface area contributed by atoms with Gasteiger partial charge in [-0.3, -0.25) is 0 Å². The monoisotopic (exact) mass is 447 g/mol. The summed E-state index contributed by atoms with van der Waals surface area (Å²) in [6.45, 7) is 2.15. The van der Waals surface area contributed by atoms with Crippen LogP contribution in [0.15, 0.2) is 42.0 Å². The molecule has 0 aromatic heterocycles. The van der Waals surface area contributed by atoms with Crippen molar-refractivity contribution in [3.8, 4) is 11.1 Å². The molecule has 0 amide bonds. The van der Waals surface area contributed by atoms with Gasteiger partial charge in [0.1, 0.15) is 0 Å².